The minimum Gasteiger partial charge on any atom is -0.453 e. The van der Waals surface area contributed by atoms with E-state index in [1.54, 1.807) is 0 Å². The maximum atomic E-state index is 10.7. The van der Waals surface area contributed by atoms with Gasteiger partial charge in [-0.25, -0.2) is 0 Å². The maximum Gasteiger partial charge on any atom is 0.303 e. The van der Waals surface area contributed by atoms with E-state index in [9.17, 15) is 9.59 Å². The van der Waals surface area contributed by atoms with Crippen molar-refractivity contribution in [2.24, 2.45) is 5.92 Å². The topological polar surface area (TPSA) is 43.4 Å². The minimum absolute atomic E-state index is 0.275. The quantitative estimate of drug-likeness (QED) is 0.503. The lowest BCUT2D eigenvalue weighted by Gasteiger charge is -2.14. The molecule has 12 heavy (non-hydrogen) atoms. The summed E-state index contributed by atoms with van der Waals surface area (Å²) in [5, 5.41) is -0.612. The molecule has 0 aliphatic rings. The van der Waals surface area contributed by atoms with Crippen molar-refractivity contribution in [3.63, 3.8) is 0 Å². The standard InChI is InChI=1S/C8H13ClO3/c1-5(2)4-7(8(9)11)12-6(3)10/h5,7H,4H2,1-3H3/t7-/m0/s1. The van der Waals surface area contributed by atoms with Crippen LogP contribution in [0.2, 0.25) is 0 Å². The molecule has 0 saturated heterocycles. The van der Waals surface area contributed by atoms with Crippen molar-refractivity contribution < 1.29 is 14.3 Å². The molecule has 0 unspecified atom stereocenters. The van der Waals surface area contributed by atoms with Crippen LogP contribution in [0.25, 0.3) is 0 Å². The van der Waals surface area contributed by atoms with E-state index in [2.05, 4.69) is 0 Å². The lowest BCUT2D eigenvalue weighted by atomic mass is 10.1. The molecule has 70 valence electrons. The van der Waals surface area contributed by atoms with Crippen LogP contribution in [0.1, 0.15) is 27.2 Å². The zero-order valence-corrected chi connectivity index (χ0v) is 8.22. The lowest BCUT2D eigenvalue weighted by Crippen LogP contribution is -2.24. The molecule has 0 aromatic carbocycles. The molecule has 0 fully saturated rings. The second-order valence-corrected chi connectivity index (χ2v) is 3.40. The predicted molar refractivity (Wildman–Crippen MR) is 45.9 cm³/mol. The van der Waals surface area contributed by atoms with Crippen molar-refractivity contribution >= 4 is 22.8 Å². The van der Waals surface area contributed by atoms with Crippen molar-refractivity contribution in [1.82, 2.24) is 0 Å². The molecule has 1 atom stereocenters. The molecule has 4 heteroatoms. The van der Waals surface area contributed by atoms with E-state index >= 15 is 0 Å². The fraction of sp³-hybridized carbons (Fsp3) is 0.750. The van der Waals surface area contributed by atoms with E-state index < -0.39 is 17.3 Å². The van der Waals surface area contributed by atoms with Crippen LogP contribution in [0.4, 0.5) is 0 Å². The smallest absolute Gasteiger partial charge is 0.303 e. The second-order valence-electron chi connectivity index (χ2n) is 3.03. The molecule has 0 aliphatic carbocycles. The second kappa shape index (κ2) is 5.14. The summed E-state index contributed by atoms with van der Waals surface area (Å²) in [5.74, 6) is -0.202. The van der Waals surface area contributed by atoms with Gasteiger partial charge in [0.15, 0.2) is 6.10 Å². The van der Waals surface area contributed by atoms with Crippen molar-refractivity contribution in [2.75, 3.05) is 0 Å². The molecule has 0 N–H and O–H groups in total. The van der Waals surface area contributed by atoms with Crippen molar-refractivity contribution in [1.29, 1.82) is 0 Å². The Morgan fingerprint density at radius 2 is 1.92 bits per heavy atom. The van der Waals surface area contributed by atoms with Crippen LogP contribution in [0.5, 0.6) is 0 Å². The fourth-order valence-corrected chi connectivity index (χ4v) is 0.949. The number of carbonyl (C=O) groups excluding carboxylic acids is 2. The number of halogens is 1. The molecule has 0 heterocycles. The summed E-state index contributed by atoms with van der Waals surface area (Å²) in [7, 11) is 0. The van der Waals surface area contributed by atoms with Gasteiger partial charge in [-0.3, -0.25) is 9.59 Å². The molecular weight excluding hydrogens is 180 g/mol. The van der Waals surface area contributed by atoms with Crippen LogP contribution < -0.4 is 0 Å². The zero-order chi connectivity index (χ0) is 9.72. The maximum absolute atomic E-state index is 10.7. The Morgan fingerprint density at radius 3 is 2.17 bits per heavy atom. The first kappa shape index (κ1) is 11.4. The summed E-state index contributed by atoms with van der Waals surface area (Å²) in [5.41, 5.74) is 0. The van der Waals surface area contributed by atoms with Crippen LogP contribution in [-0.4, -0.2) is 17.3 Å². The Bertz CT molecular complexity index is 177. The molecule has 0 rings (SSSR count). The Hall–Kier alpha value is -0.570. The van der Waals surface area contributed by atoms with E-state index in [0.29, 0.717) is 6.42 Å². The third-order valence-electron chi connectivity index (χ3n) is 1.25. The normalized spacial score (nSPS) is 12.8. The number of rotatable bonds is 4. The van der Waals surface area contributed by atoms with Crippen molar-refractivity contribution in [3.8, 4) is 0 Å². The van der Waals surface area contributed by atoms with Gasteiger partial charge in [-0.2, -0.15) is 0 Å². The largest absolute Gasteiger partial charge is 0.453 e. The summed E-state index contributed by atoms with van der Waals surface area (Å²) < 4.78 is 4.70. The molecular formula is C8H13ClO3. The SMILES string of the molecule is CC(=O)O[C@@H](CC(C)C)C(=O)Cl. The highest BCUT2D eigenvalue weighted by Gasteiger charge is 2.20. The van der Waals surface area contributed by atoms with E-state index in [1.807, 2.05) is 13.8 Å². The molecule has 0 radical (unpaired) electrons. The Balaban J connectivity index is 4.04. The Kier molecular flexibility index (Phi) is 4.90. The lowest BCUT2D eigenvalue weighted by molar-refractivity contribution is -0.151. The minimum atomic E-state index is -0.788. The van der Waals surface area contributed by atoms with E-state index in [4.69, 9.17) is 16.3 Å². The van der Waals surface area contributed by atoms with Crippen LogP contribution in [0.3, 0.4) is 0 Å². The first-order chi connectivity index (χ1) is 5.43. The predicted octanol–water partition coefficient (Wildman–Crippen LogP) is 1.73. The van der Waals surface area contributed by atoms with Gasteiger partial charge in [0.25, 0.3) is 5.24 Å². The van der Waals surface area contributed by atoms with Gasteiger partial charge in [0.05, 0.1) is 0 Å². The monoisotopic (exact) mass is 192 g/mol. The molecule has 0 aliphatic heterocycles. The Morgan fingerprint density at radius 1 is 1.42 bits per heavy atom. The number of hydrogen-bond acceptors (Lipinski definition) is 3. The average Bonchev–Trinajstić information content (AvgIpc) is 1.83. The first-order valence-corrected chi connectivity index (χ1v) is 4.17. The molecule has 3 nitrogen and oxygen atoms in total. The molecule has 0 bridgehead atoms. The highest BCUT2D eigenvalue weighted by Crippen LogP contribution is 2.11. The first-order valence-electron chi connectivity index (χ1n) is 3.80. The van der Waals surface area contributed by atoms with Gasteiger partial charge in [0.2, 0.25) is 0 Å². The molecule has 0 aromatic heterocycles. The Labute approximate surface area is 77.0 Å². The fourth-order valence-electron chi connectivity index (χ4n) is 0.816. The summed E-state index contributed by atoms with van der Waals surface area (Å²) in [6, 6.07) is 0. The highest BCUT2D eigenvalue weighted by atomic mass is 35.5. The number of carbonyl (C=O) groups is 2. The molecule has 0 spiro atoms. The average molecular weight is 193 g/mol. The third-order valence-corrected chi connectivity index (χ3v) is 1.49. The van der Waals surface area contributed by atoms with Gasteiger partial charge in [-0.15, -0.1) is 0 Å². The van der Waals surface area contributed by atoms with Gasteiger partial charge >= 0.3 is 5.97 Å². The van der Waals surface area contributed by atoms with Crippen LogP contribution in [-0.2, 0) is 14.3 Å². The summed E-state index contributed by atoms with van der Waals surface area (Å²) in [6.07, 6.45) is -0.314. The molecule has 0 amide bonds. The van der Waals surface area contributed by atoms with E-state index in [1.165, 1.54) is 6.92 Å². The molecule has 0 aromatic rings. The van der Waals surface area contributed by atoms with Crippen LogP contribution >= 0.6 is 11.6 Å². The number of hydrogen-bond donors (Lipinski definition) is 0. The van der Waals surface area contributed by atoms with Gasteiger partial charge in [-0.1, -0.05) is 13.8 Å². The molecule has 0 saturated carbocycles. The summed E-state index contributed by atoms with van der Waals surface area (Å²) in [6.45, 7) is 5.11. The summed E-state index contributed by atoms with van der Waals surface area (Å²) >= 11 is 5.22. The van der Waals surface area contributed by atoms with Gasteiger partial charge in [0.1, 0.15) is 0 Å². The van der Waals surface area contributed by atoms with Crippen molar-refractivity contribution in [3.05, 3.63) is 0 Å². The highest BCUT2D eigenvalue weighted by molar-refractivity contribution is 6.64. The van der Waals surface area contributed by atoms with Gasteiger partial charge in [-0.05, 0) is 23.9 Å². The zero-order valence-electron chi connectivity index (χ0n) is 7.46. The van der Waals surface area contributed by atoms with Gasteiger partial charge in [0, 0.05) is 6.92 Å². The summed E-state index contributed by atoms with van der Waals surface area (Å²) in [4.78, 5) is 21.2. The van der Waals surface area contributed by atoms with Gasteiger partial charge < -0.3 is 4.74 Å². The van der Waals surface area contributed by atoms with Crippen molar-refractivity contribution in [2.45, 2.75) is 33.3 Å². The van der Waals surface area contributed by atoms with Crippen LogP contribution in [0, 0.1) is 5.92 Å². The van der Waals surface area contributed by atoms with E-state index in [-0.39, 0.29) is 5.92 Å². The van der Waals surface area contributed by atoms with E-state index in [0.717, 1.165) is 0 Å². The third kappa shape index (κ3) is 5.13. The van der Waals surface area contributed by atoms with Crippen LogP contribution in [0.15, 0.2) is 0 Å². The number of esters is 1. The number of ether oxygens (including phenoxy) is 1.